The number of nitrogens with zero attached hydrogens (tertiary/aromatic N) is 2. The Hall–Kier alpha value is -3.95. The molecular formula is C34H33BrN2O5S. The maximum absolute atomic E-state index is 14.1. The van der Waals surface area contributed by atoms with Gasteiger partial charge in [-0.2, -0.15) is 0 Å². The molecule has 0 fully saturated rings. The van der Waals surface area contributed by atoms with Crippen molar-refractivity contribution in [1.82, 2.24) is 4.57 Å². The highest BCUT2D eigenvalue weighted by Gasteiger charge is 2.33. The number of carbonyl (C=O) groups excluding carboxylic acids is 1. The fraction of sp³-hybridized carbons (Fsp3) is 0.265. The minimum atomic E-state index is -0.703. The summed E-state index contributed by atoms with van der Waals surface area (Å²) in [5.41, 5.74) is 4.33. The Morgan fingerprint density at radius 3 is 2.47 bits per heavy atom. The van der Waals surface area contributed by atoms with Gasteiger partial charge in [-0.3, -0.25) is 9.36 Å². The number of aromatic nitrogens is 1. The van der Waals surface area contributed by atoms with Crippen LogP contribution < -0.4 is 24.4 Å². The van der Waals surface area contributed by atoms with Gasteiger partial charge in [-0.05, 0) is 82.2 Å². The molecule has 222 valence electrons. The molecule has 3 aromatic carbocycles. The molecule has 0 spiro atoms. The smallest absolute Gasteiger partial charge is 0.338 e. The fourth-order valence-electron chi connectivity index (χ4n) is 4.86. The first-order valence-electron chi connectivity index (χ1n) is 14.1. The van der Waals surface area contributed by atoms with E-state index in [1.54, 1.807) is 18.4 Å². The summed E-state index contributed by atoms with van der Waals surface area (Å²) in [7, 11) is 0. The van der Waals surface area contributed by atoms with Crippen LogP contribution in [0.1, 0.15) is 56.0 Å². The second-order valence-corrected chi connectivity index (χ2v) is 12.4. The largest absolute Gasteiger partial charge is 0.491 e. The Balaban J connectivity index is 1.59. The Kier molecular flexibility index (Phi) is 9.32. The summed E-state index contributed by atoms with van der Waals surface area (Å²) < 4.78 is 20.3. The lowest BCUT2D eigenvalue weighted by atomic mass is 9.96. The van der Waals surface area contributed by atoms with Crippen LogP contribution in [0.5, 0.6) is 11.5 Å². The Morgan fingerprint density at radius 1 is 1.07 bits per heavy atom. The van der Waals surface area contributed by atoms with Crippen LogP contribution >= 0.6 is 27.3 Å². The number of aryl methyl sites for hydroxylation is 1. The van der Waals surface area contributed by atoms with E-state index in [4.69, 9.17) is 14.2 Å². The number of hydrogen-bond donors (Lipinski definition) is 0. The van der Waals surface area contributed by atoms with Gasteiger partial charge in [-0.1, -0.05) is 69.2 Å². The molecule has 0 amide bonds. The third kappa shape index (κ3) is 6.84. The van der Waals surface area contributed by atoms with Gasteiger partial charge in [-0.25, -0.2) is 9.79 Å². The Labute approximate surface area is 262 Å². The lowest BCUT2D eigenvalue weighted by Gasteiger charge is -2.25. The topological polar surface area (TPSA) is 79.1 Å². The van der Waals surface area contributed by atoms with E-state index in [0.717, 1.165) is 21.2 Å². The fourth-order valence-corrected chi connectivity index (χ4v) is 6.27. The van der Waals surface area contributed by atoms with Crippen molar-refractivity contribution in [3.05, 3.63) is 124 Å². The zero-order valence-electron chi connectivity index (χ0n) is 24.7. The lowest BCUT2D eigenvalue weighted by molar-refractivity contribution is -0.139. The first kappa shape index (κ1) is 30.5. The lowest BCUT2D eigenvalue weighted by Crippen LogP contribution is -2.39. The molecule has 0 radical (unpaired) electrons. The number of rotatable bonds is 9. The number of carbonyl (C=O) groups is 1. The SMILES string of the molecule is CCOC(=O)C1=C(C)N=c2s/c(=C\c3cc(Br)ccc3OCc3ccc(C)cc3)c(=O)n2[C@H]1c1ccc(OC(C)C)cc1. The van der Waals surface area contributed by atoms with Gasteiger partial charge in [0.25, 0.3) is 5.56 Å². The van der Waals surface area contributed by atoms with E-state index in [1.807, 2.05) is 81.4 Å². The molecule has 1 atom stereocenters. The van der Waals surface area contributed by atoms with Gasteiger partial charge in [0.15, 0.2) is 4.80 Å². The maximum atomic E-state index is 14.1. The van der Waals surface area contributed by atoms with Crippen molar-refractivity contribution < 1.29 is 19.0 Å². The molecule has 4 aromatic rings. The number of ether oxygens (including phenoxy) is 3. The standard InChI is InChI=1S/C34H33BrN2O5S/c1-6-40-33(39)30-22(5)36-34-37(31(30)24-11-14-27(15-12-24)42-20(2)3)32(38)29(43-34)18-25-17-26(35)13-16-28(25)41-19-23-9-7-21(4)8-10-23/h7-18,20,31H,6,19H2,1-5H3/b29-18-/t31-/m0/s1. The van der Waals surface area contributed by atoms with E-state index >= 15 is 0 Å². The second kappa shape index (κ2) is 13.1. The minimum Gasteiger partial charge on any atom is -0.491 e. The molecule has 1 aliphatic heterocycles. The number of benzene rings is 3. The zero-order chi connectivity index (χ0) is 30.7. The number of fused-ring (bicyclic) bond motifs is 1. The number of esters is 1. The van der Waals surface area contributed by atoms with Gasteiger partial charge in [-0.15, -0.1) is 0 Å². The second-order valence-electron chi connectivity index (χ2n) is 10.5. The molecule has 0 bridgehead atoms. The summed E-state index contributed by atoms with van der Waals surface area (Å²) in [6.45, 7) is 10.1. The summed E-state index contributed by atoms with van der Waals surface area (Å²) in [5, 5.41) is 0. The molecule has 5 rings (SSSR count). The van der Waals surface area contributed by atoms with Crippen LogP contribution in [0.15, 0.2) is 92.3 Å². The van der Waals surface area contributed by atoms with Crippen molar-refractivity contribution in [2.75, 3.05) is 6.61 Å². The van der Waals surface area contributed by atoms with Crippen LogP contribution in [0.3, 0.4) is 0 Å². The van der Waals surface area contributed by atoms with E-state index in [0.29, 0.717) is 38.7 Å². The number of halogens is 1. The van der Waals surface area contributed by atoms with Gasteiger partial charge in [0.2, 0.25) is 0 Å². The van der Waals surface area contributed by atoms with Crippen molar-refractivity contribution in [1.29, 1.82) is 0 Å². The molecule has 0 N–H and O–H groups in total. The third-order valence-electron chi connectivity index (χ3n) is 6.86. The highest BCUT2D eigenvalue weighted by atomic mass is 79.9. The molecule has 0 unspecified atom stereocenters. The average molecular weight is 662 g/mol. The van der Waals surface area contributed by atoms with Crippen molar-refractivity contribution in [3.63, 3.8) is 0 Å². The van der Waals surface area contributed by atoms with Crippen molar-refractivity contribution >= 4 is 39.3 Å². The molecule has 0 aliphatic carbocycles. The van der Waals surface area contributed by atoms with Crippen LogP contribution in [0.25, 0.3) is 6.08 Å². The van der Waals surface area contributed by atoms with E-state index in [1.165, 1.54) is 16.9 Å². The normalized spacial score (nSPS) is 14.9. The third-order valence-corrected chi connectivity index (χ3v) is 8.33. The molecule has 0 saturated heterocycles. The van der Waals surface area contributed by atoms with Crippen molar-refractivity contribution in [2.24, 2.45) is 4.99 Å². The average Bonchev–Trinajstić information content (AvgIpc) is 3.27. The predicted molar refractivity (Wildman–Crippen MR) is 172 cm³/mol. The first-order chi connectivity index (χ1) is 20.6. The van der Waals surface area contributed by atoms with Crippen molar-refractivity contribution in [2.45, 2.75) is 53.4 Å². The minimum absolute atomic E-state index is 0.0181. The highest BCUT2D eigenvalue weighted by molar-refractivity contribution is 9.10. The van der Waals surface area contributed by atoms with Crippen LogP contribution in [-0.4, -0.2) is 23.2 Å². The Morgan fingerprint density at radius 2 is 1.79 bits per heavy atom. The summed E-state index contributed by atoms with van der Waals surface area (Å²) >= 11 is 4.83. The van der Waals surface area contributed by atoms with Crippen LogP contribution in [-0.2, 0) is 16.1 Å². The monoisotopic (exact) mass is 660 g/mol. The van der Waals surface area contributed by atoms with Crippen LogP contribution in [0, 0.1) is 6.92 Å². The first-order valence-corrected chi connectivity index (χ1v) is 15.7. The summed E-state index contributed by atoms with van der Waals surface area (Å²) in [6, 6.07) is 20.6. The molecule has 2 heterocycles. The summed E-state index contributed by atoms with van der Waals surface area (Å²) in [4.78, 5) is 32.5. The maximum Gasteiger partial charge on any atom is 0.338 e. The quantitative estimate of drug-likeness (QED) is 0.199. The summed E-state index contributed by atoms with van der Waals surface area (Å²) in [5.74, 6) is 0.858. The molecule has 1 aliphatic rings. The zero-order valence-corrected chi connectivity index (χ0v) is 27.1. The van der Waals surface area contributed by atoms with Crippen LogP contribution in [0.4, 0.5) is 0 Å². The van der Waals surface area contributed by atoms with Gasteiger partial charge >= 0.3 is 5.97 Å². The number of hydrogen-bond acceptors (Lipinski definition) is 7. The van der Waals surface area contributed by atoms with E-state index < -0.39 is 12.0 Å². The van der Waals surface area contributed by atoms with E-state index in [9.17, 15) is 9.59 Å². The van der Waals surface area contributed by atoms with E-state index in [2.05, 4.69) is 33.1 Å². The molecule has 0 saturated carbocycles. The molecule has 7 nitrogen and oxygen atoms in total. The summed E-state index contributed by atoms with van der Waals surface area (Å²) in [6.07, 6.45) is 1.84. The number of allylic oxidation sites excluding steroid dienone is 1. The number of thiazole rings is 1. The molecule has 1 aromatic heterocycles. The van der Waals surface area contributed by atoms with Gasteiger partial charge in [0, 0.05) is 10.0 Å². The predicted octanol–water partition coefficient (Wildman–Crippen LogP) is 6.24. The van der Waals surface area contributed by atoms with Gasteiger partial charge < -0.3 is 14.2 Å². The van der Waals surface area contributed by atoms with Crippen molar-refractivity contribution in [3.8, 4) is 11.5 Å². The van der Waals surface area contributed by atoms with Gasteiger partial charge in [0.1, 0.15) is 18.1 Å². The van der Waals surface area contributed by atoms with E-state index in [-0.39, 0.29) is 18.3 Å². The van der Waals surface area contributed by atoms with Gasteiger partial charge in [0.05, 0.1) is 34.6 Å². The Bertz CT molecular complexity index is 1850. The molecular weight excluding hydrogens is 628 g/mol. The van der Waals surface area contributed by atoms with Crippen LogP contribution in [0.2, 0.25) is 0 Å². The molecule has 9 heteroatoms. The highest BCUT2D eigenvalue weighted by Crippen LogP contribution is 2.32. The molecule has 43 heavy (non-hydrogen) atoms.